The third-order valence-corrected chi connectivity index (χ3v) is 3.48. The number of nitrogens with zero attached hydrogens (tertiary/aromatic N) is 1. The number of hydrogen-bond acceptors (Lipinski definition) is 4. The van der Waals surface area contributed by atoms with E-state index in [4.69, 9.17) is 9.47 Å². The summed E-state index contributed by atoms with van der Waals surface area (Å²) in [5.74, 6) is -0.242. The molecule has 1 rings (SSSR count). The Kier molecular flexibility index (Phi) is 5.42. The second kappa shape index (κ2) is 6.46. The quantitative estimate of drug-likeness (QED) is 0.748. The minimum Gasteiger partial charge on any atom is -0.464 e. The van der Waals surface area contributed by atoms with Gasteiger partial charge in [0.25, 0.3) is 0 Å². The first kappa shape index (κ1) is 16.8. The number of ether oxygens (including phenoxy) is 2. The maximum atomic E-state index is 12.4. The average Bonchev–Trinajstić information content (AvgIpc) is 2.64. The SMILES string of the molecule is CCOC(=O)C1C(C)CC(CC)N1C(=O)OC(C)(C)C. The monoisotopic (exact) mass is 285 g/mol. The van der Waals surface area contributed by atoms with Crippen LogP contribution in [0, 0.1) is 5.92 Å². The zero-order valence-electron chi connectivity index (χ0n) is 13.4. The molecule has 1 fully saturated rings. The first-order valence-corrected chi connectivity index (χ1v) is 7.39. The van der Waals surface area contributed by atoms with Gasteiger partial charge in [-0.15, -0.1) is 0 Å². The molecule has 1 heterocycles. The highest BCUT2D eigenvalue weighted by molar-refractivity contribution is 5.83. The summed E-state index contributed by atoms with van der Waals surface area (Å²) in [5.41, 5.74) is -0.569. The van der Waals surface area contributed by atoms with Gasteiger partial charge in [-0.1, -0.05) is 13.8 Å². The van der Waals surface area contributed by atoms with E-state index in [0.717, 1.165) is 12.8 Å². The predicted octanol–water partition coefficient (Wildman–Crippen LogP) is 2.97. The number of carbonyl (C=O) groups is 2. The first-order chi connectivity index (χ1) is 9.21. The van der Waals surface area contributed by atoms with Crippen LogP contribution in [0.5, 0.6) is 0 Å². The fraction of sp³-hybridized carbons (Fsp3) is 0.867. The van der Waals surface area contributed by atoms with Crippen LogP contribution in [0.4, 0.5) is 4.79 Å². The highest BCUT2D eigenvalue weighted by atomic mass is 16.6. The Balaban J connectivity index is 2.95. The molecule has 1 saturated heterocycles. The first-order valence-electron chi connectivity index (χ1n) is 7.39. The number of carbonyl (C=O) groups excluding carboxylic acids is 2. The Morgan fingerprint density at radius 3 is 2.30 bits per heavy atom. The van der Waals surface area contributed by atoms with Crippen molar-refractivity contribution in [2.45, 2.75) is 72.1 Å². The summed E-state index contributed by atoms with van der Waals surface area (Å²) in [7, 11) is 0. The minimum atomic E-state index is -0.569. The standard InChI is InChI=1S/C15H27NO4/c1-7-11-9-10(3)12(13(17)19-8-2)16(11)14(18)20-15(4,5)6/h10-12H,7-9H2,1-6H3. The summed E-state index contributed by atoms with van der Waals surface area (Å²) in [5, 5.41) is 0. The molecule has 0 aromatic heterocycles. The van der Waals surface area contributed by atoms with Crippen LogP contribution in [-0.2, 0) is 14.3 Å². The molecule has 0 N–H and O–H groups in total. The van der Waals surface area contributed by atoms with Gasteiger partial charge in [-0.25, -0.2) is 9.59 Å². The molecule has 3 unspecified atom stereocenters. The molecule has 116 valence electrons. The van der Waals surface area contributed by atoms with E-state index in [-0.39, 0.29) is 17.9 Å². The Morgan fingerprint density at radius 2 is 1.85 bits per heavy atom. The van der Waals surface area contributed by atoms with Gasteiger partial charge in [-0.3, -0.25) is 4.90 Å². The molecular weight excluding hydrogens is 258 g/mol. The summed E-state index contributed by atoms with van der Waals surface area (Å²) in [6.45, 7) is 11.6. The van der Waals surface area contributed by atoms with Crippen LogP contribution in [0.25, 0.3) is 0 Å². The van der Waals surface area contributed by atoms with Crippen molar-refractivity contribution in [3.05, 3.63) is 0 Å². The Hall–Kier alpha value is -1.26. The number of likely N-dealkylation sites (tertiary alicyclic amines) is 1. The molecule has 0 aliphatic carbocycles. The van der Waals surface area contributed by atoms with Crippen molar-refractivity contribution in [1.29, 1.82) is 0 Å². The minimum absolute atomic E-state index is 0.0363. The van der Waals surface area contributed by atoms with Crippen LogP contribution in [0.1, 0.15) is 54.4 Å². The van der Waals surface area contributed by atoms with Gasteiger partial charge in [0.1, 0.15) is 11.6 Å². The maximum Gasteiger partial charge on any atom is 0.411 e. The van der Waals surface area contributed by atoms with Gasteiger partial charge in [0.15, 0.2) is 0 Å². The third kappa shape index (κ3) is 3.87. The number of esters is 1. The van der Waals surface area contributed by atoms with Crippen molar-refractivity contribution in [2.75, 3.05) is 6.61 Å². The van der Waals surface area contributed by atoms with Gasteiger partial charge in [-0.05, 0) is 46.5 Å². The molecule has 0 spiro atoms. The molecule has 0 aromatic carbocycles. The zero-order valence-corrected chi connectivity index (χ0v) is 13.4. The molecule has 5 nitrogen and oxygen atoms in total. The van der Waals surface area contributed by atoms with Gasteiger partial charge in [0.2, 0.25) is 0 Å². The van der Waals surface area contributed by atoms with Crippen molar-refractivity contribution >= 4 is 12.1 Å². The van der Waals surface area contributed by atoms with Crippen LogP contribution < -0.4 is 0 Å². The van der Waals surface area contributed by atoms with Gasteiger partial charge in [0, 0.05) is 6.04 Å². The molecule has 0 aromatic rings. The van der Waals surface area contributed by atoms with E-state index in [1.807, 2.05) is 34.6 Å². The summed E-state index contributed by atoms with van der Waals surface area (Å²) < 4.78 is 10.6. The van der Waals surface area contributed by atoms with Gasteiger partial charge in [0.05, 0.1) is 6.61 Å². The number of amides is 1. The Bertz CT molecular complexity index is 361. The molecule has 0 bridgehead atoms. The van der Waals surface area contributed by atoms with Crippen molar-refractivity contribution in [1.82, 2.24) is 4.90 Å². The third-order valence-electron chi connectivity index (χ3n) is 3.48. The second-order valence-corrected chi connectivity index (χ2v) is 6.36. The van der Waals surface area contributed by atoms with Crippen LogP contribution >= 0.6 is 0 Å². The van der Waals surface area contributed by atoms with Gasteiger partial charge in [-0.2, -0.15) is 0 Å². The van der Waals surface area contributed by atoms with Gasteiger partial charge >= 0.3 is 12.1 Å². The fourth-order valence-electron chi connectivity index (χ4n) is 2.69. The molecule has 1 aliphatic heterocycles. The maximum absolute atomic E-state index is 12.4. The summed E-state index contributed by atoms with van der Waals surface area (Å²) in [4.78, 5) is 26.1. The molecule has 0 radical (unpaired) electrons. The molecular formula is C15H27NO4. The predicted molar refractivity (Wildman–Crippen MR) is 76.4 cm³/mol. The summed E-state index contributed by atoms with van der Waals surface area (Å²) >= 11 is 0. The van der Waals surface area contributed by atoms with Crippen molar-refractivity contribution in [3.8, 4) is 0 Å². The Morgan fingerprint density at radius 1 is 1.25 bits per heavy atom. The number of hydrogen-bond donors (Lipinski definition) is 0. The van der Waals surface area contributed by atoms with Crippen molar-refractivity contribution < 1.29 is 19.1 Å². The van der Waals surface area contributed by atoms with Crippen LogP contribution in [0.2, 0.25) is 0 Å². The highest BCUT2D eigenvalue weighted by Gasteiger charge is 2.47. The summed E-state index contributed by atoms with van der Waals surface area (Å²) in [6.07, 6.45) is 1.19. The zero-order chi connectivity index (χ0) is 15.5. The lowest BCUT2D eigenvalue weighted by atomic mass is 10.0. The van der Waals surface area contributed by atoms with Crippen molar-refractivity contribution in [3.63, 3.8) is 0 Å². The topological polar surface area (TPSA) is 55.8 Å². The van der Waals surface area contributed by atoms with Crippen LogP contribution in [0.15, 0.2) is 0 Å². The van der Waals surface area contributed by atoms with E-state index >= 15 is 0 Å². The van der Waals surface area contributed by atoms with E-state index in [1.54, 1.807) is 11.8 Å². The van der Waals surface area contributed by atoms with E-state index < -0.39 is 17.7 Å². The Labute approximate surface area is 121 Å². The van der Waals surface area contributed by atoms with Crippen LogP contribution in [-0.4, -0.2) is 41.3 Å². The smallest absolute Gasteiger partial charge is 0.411 e. The molecule has 5 heteroatoms. The normalized spacial score (nSPS) is 26.5. The van der Waals surface area contributed by atoms with E-state index in [9.17, 15) is 9.59 Å². The molecule has 0 saturated carbocycles. The molecule has 20 heavy (non-hydrogen) atoms. The number of rotatable bonds is 3. The second-order valence-electron chi connectivity index (χ2n) is 6.36. The van der Waals surface area contributed by atoms with E-state index in [0.29, 0.717) is 6.61 Å². The molecule has 3 atom stereocenters. The lowest BCUT2D eigenvalue weighted by molar-refractivity contribution is -0.149. The average molecular weight is 285 g/mol. The van der Waals surface area contributed by atoms with Crippen LogP contribution in [0.3, 0.4) is 0 Å². The fourth-order valence-corrected chi connectivity index (χ4v) is 2.69. The van der Waals surface area contributed by atoms with E-state index in [2.05, 4.69) is 0 Å². The van der Waals surface area contributed by atoms with Gasteiger partial charge < -0.3 is 9.47 Å². The lowest BCUT2D eigenvalue weighted by Crippen LogP contribution is -2.48. The highest BCUT2D eigenvalue weighted by Crippen LogP contribution is 2.33. The lowest BCUT2D eigenvalue weighted by Gasteiger charge is -2.31. The van der Waals surface area contributed by atoms with E-state index in [1.165, 1.54) is 0 Å². The largest absolute Gasteiger partial charge is 0.464 e. The van der Waals surface area contributed by atoms with Crippen molar-refractivity contribution in [2.24, 2.45) is 5.92 Å². The molecule has 1 amide bonds. The molecule has 1 aliphatic rings. The summed E-state index contributed by atoms with van der Waals surface area (Å²) in [6, 6.07) is -0.496.